The maximum absolute atomic E-state index is 11.9. The normalized spacial score (nSPS) is 13.8. The molecule has 0 aromatic carbocycles. The fraction of sp³-hybridized carbons (Fsp3) is 0.357. The first-order valence-corrected chi connectivity index (χ1v) is 7.98. The van der Waals surface area contributed by atoms with E-state index in [0.29, 0.717) is 24.1 Å². The van der Waals surface area contributed by atoms with E-state index in [9.17, 15) is 13.8 Å². The molecule has 1 aromatic heterocycles. The largest absolute Gasteiger partial charge is 0.478 e. The summed E-state index contributed by atoms with van der Waals surface area (Å²) in [6, 6.07) is 1.56. The van der Waals surface area contributed by atoms with E-state index in [2.05, 4.69) is 10.3 Å². The zero-order valence-corrected chi connectivity index (χ0v) is 12.7. The minimum Gasteiger partial charge on any atom is -0.478 e. The Kier molecular flexibility index (Phi) is 6.74. The predicted octanol–water partition coefficient (Wildman–Crippen LogP) is 1.07. The third kappa shape index (κ3) is 6.31. The van der Waals surface area contributed by atoms with E-state index in [1.54, 1.807) is 12.3 Å². The smallest absolute Gasteiger partial charge is 0.328 e. The van der Waals surface area contributed by atoms with Crippen LogP contribution >= 0.6 is 0 Å². The zero-order chi connectivity index (χ0) is 15.8. The van der Waals surface area contributed by atoms with Gasteiger partial charge in [-0.3, -0.25) is 14.0 Å². The number of rotatable bonds is 7. The van der Waals surface area contributed by atoms with Crippen LogP contribution in [0.5, 0.6) is 0 Å². The van der Waals surface area contributed by atoms with Gasteiger partial charge in [0.25, 0.3) is 5.91 Å². The molecule has 0 radical (unpaired) electrons. The van der Waals surface area contributed by atoms with E-state index in [4.69, 9.17) is 5.11 Å². The summed E-state index contributed by atoms with van der Waals surface area (Å²) >= 11 is 0. The molecule has 6 nitrogen and oxygen atoms in total. The number of aromatic nitrogens is 1. The van der Waals surface area contributed by atoms with Crippen LogP contribution in [0.3, 0.4) is 0 Å². The molecular formula is C14H18N2O4S. The van der Waals surface area contributed by atoms with Gasteiger partial charge in [-0.25, -0.2) is 4.79 Å². The summed E-state index contributed by atoms with van der Waals surface area (Å²) in [6.07, 6.45) is 7.49. The van der Waals surface area contributed by atoms with Crippen LogP contribution in [-0.4, -0.2) is 44.2 Å². The molecule has 0 spiro atoms. The Labute approximate surface area is 125 Å². The lowest BCUT2D eigenvalue weighted by atomic mass is 10.2. The molecule has 114 valence electrons. The van der Waals surface area contributed by atoms with Crippen LogP contribution in [0.4, 0.5) is 0 Å². The van der Waals surface area contributed by atoms with E-state index in [1.165, 1.54) is 18.5 Å². The van der Waals surface area contributed by atoms with Crippen LogP contribution in [0.25, 0.3) is 6.08 Å². The van der Waals surface area contributed by atoms with Crippen LogP contribution in [-0.2, 0) is 15.6 Å². The number of carbonyl (C=O) groups excluding carboxylic acids is 1. The first-order chi connectivity index (χ1) is 9.90. The fourth-order valence-corrected chi connectivity index (χ4v) is 1.95. The van der Waals surface area contributed by atoms with Crippen molar-refractivity contribution < 1.29 is 18.9 Å². The average molecular weight is 310 g/mol. The van der Waals surface area contributed by atoms with Gasteiger partial charge in [0.2, 0.25) is 0 Å². The van der Waals surface area contributed by atoms with Gasteiger partial charge < -0.3 is 10.4 Å². The van der Waals surface area contributed by atoms with Crippen molar-refractivity contribution in [2.45, 2.75) is 18.6 Å². The first kappa shape index (κ1) is 17.0. The Balaban J connectivity index is 2.60. The molecular weight excluding hydrogens is 292 g/mol. The second kappa shape index (κ2) is 8.31. The Morgan fingerprint density at radius 1 is 1.48 bits per heavy atom. The molecule has 1 aromatic rings. The van der Waals surface area contributed by atoms with Crippen LogP contribution < -0.4 is 5.32 Å². The second-order valence-electron chi connectivity index (χ2n) is 4.53. The average Bonchev–Trinajstić information content (AvgIpc) is 2.45. The van der Waals surface area contributed by atoms with Crippen molar-refractivity contribution in [1.29, 1.82) is 0 Å². The highest BCUT2D eigenvalue weighted by atomic mass is 32.2. The first-order valence-electron chi connectivity index (χ1n) is 6.36. The number of pyridine rings is 1. The van der Waals surface area contributed by atoms with Crippen LogP contribution in [0.1, 0.15) is 29.3 Å². The highest BCUT2D eigenvalue weighted by Crippen LogP contribution is 2.05. The standard InChI is InChI=1S/C14H18N2O4S/c1-10(21(2)20)5-6-16-14(19)12-7-11(8-15-9-12)3-4-13(17)18/h3-4,7-10H,5-6H2,1-2H3,(H,16,19)(H,17,18)/b4-3+. The summed E-state index contributed by atoms with van der Waals surface area (Å²) in [5, 5.41) is 11.3. The van der Waals surface area contributed by atoms with Crippen molar-refractivity contribution in [2.75, 3.05) is 12.8 Å². The Bertz CT molecular complexity index is 572. The molecule has 1 rings (SSSR count). The topological polar surface area (TPSA) is 96.4 Å². The third-order valence-corrected chi connectivity index (χ3v) is 4.21. The molecule has 0 aliphatic rings. The van der Waals surface area contributed by atoms with E-state index >= 15 is 0 Å². The third-order valence-electron chi connectivity index (χ3n) is 2.84. The minimum absolute atomic E-state index is 0.0215. The molecule has 0 saturated heterocycles. The zero-order valence-electron chi connectivity index (χ0n) is 11.9. The number of hydrogen-bond donors (Lipinski definition) is 2. The van der Waals surface area contributed by atoms with E-state index < -0.39 is 16.8 Å². The molecule has 1 heterocycles. The maximum atomic E-state index is 11.9. The number of carbonyl (C=O) groups is 2. The summed E-state index contributed by atoms with van der Waals surface area (Å²) in [6.45, 7) is 2.29. The molecule has 0 aliphatic heterocycles. The Morgan fingerprint density at radius 2 is 2.19 bits per heavy atom. The van der Waals surface area contributed by atoms with Crippen molar-refractivity contribution in [3.05, 3.63) is 35.7 Å². The summed E-state index contributed by atoms with van der Waals surface area (Å²) in [5.41, 5.74) is 0.890. The molecule has 2 unspecified atom stereocenters. The number of carboxylic acid groups (broad SMARTS) is 1. The van der Waals surface area contributed by atoms with E-state index in [1.807, 2.05) is 6.92 Å². The fourth-order valence-electron chi connectivity index (χ4n) is 1.50. The minimum atomic E-state index is -1.06. The number of carboxylic acids is 1. The summed E-state index contributed by atoms with van der Waals surface area (Å²) in [4.78, 5) is 26.3. The Hall–Kier alpha value is -2.02. The monoisotopic (exact) mass is 310 g/mol. The van der Waals surface area contributed by atoms with Gasteiger partial charge >= 0.3 is 5.97 Å². The highest BCUT2D eigenvalue weighted by Gasteiger charge is 2.09. The van der Waals surface area contributed by atoms with Crippen molar-refractivity contribution in [3.8, 4) is 0 Å². The number of nitrogens with zero attached hydrogens (tertiary/aromatic N) is 1. The van der Waals surface area contributed by atoms with Gasteiger partial charge in [0, 0.05) is 47.3 Å². The van der Waals surface area contributed by atoms with Crippen molar-refractivity contribution >= 4 is 28.8 Å². The predicted molar refractivity (Wildman–Crippen MR) is 81.4 cm³/mol. The van der Waals surface area contributed by atoms with Gasteiger partial charge in [0.05, 0.1) is 5.56 Å². The molecule has 1 amide bonds. The molecule has 0 saturated carbocycles. The van der Waals surface area contributed by atoms with Gasteiger partial charge in [-0.05, 0) is 24.1 Å². The van der Waals surface area contributed by atoms with Gasteiger partial charge in [0.1, 0.15) is 0 Å². The molecule has 21 heavy (non-hydrogen) atoms. The van der Waals surface area contributed by atoms with Gasteiger partial charge in [-0.2, -0.15) is 0 Å². The molecule has 2 N–H and O–H groups in total. The number of amides is 1. The van der Waals surface area contributed by atoms with Crippen molar-refractivity contribution in [2.24, 2.45) is 0 Å². The van der Waals surface area contributed by atoms with Gasteiger partial charge in [-0.1, -0.05) is 6.92 Å². The summed E-state index contributed by atoms with van der Waals surface area (Å²) in [5.74, 6) is -1.35. The van der Waals surface area contributed by atoms with Crippen LogP contribution in [0, 0.1) is 0 Å². The van der Waals surface area contributed by atoms with E-state index in [-0.39, 0.29) is 11.2 Å². The van der Waals surface area contributed by atoms with Gasteiger partial charge in [-0.15, -0.1) is 0 Å². The number of hydrogen-bond acceptors (Lipinski definition) is 4. The number of aliphatic carboxylic acids is 1. The molecule has 2 atom stereocenters. The maximum Gasteiger partial charge on any atom is 0.328 e. The SMILES string of the molecule is CC(CCNC(=O)c1cncc(/C=C/C(=O)O)c1)S(C)=O. The molecule has 7 heteroatoms. The lowest BCUT2D eigenvalue weighted by Crippen LogP contribution is -2.27. The lowest BCUT2D eigenvalue weighted by molar-refractivity contribution is -0.131. The van der Waals surface area contributed by atoms with Crippen LogP contribution in [0.2, 0.25) is 0 Å². The van der Waals surface area contributed by atoms with Crippen molar-refractivity contribution in [3.63, 3.8) is 0 Å². The molecule has 0 aliphatic carbocycles. The Morgan fingerprint density at radius 3 is 2.81 bits per heavy atom. The quantitative estimate of drug-likeness (QED) is 0.734. The highest BCUT2D eigenvalue weighted by molar-refractivity contribution is 7.84. The molecule has 0 bridgehead atoms. The molecule has 0 fully saturated rings. The lowest BCUT2D eigenvalue weighted by Gasteiger charge is -2.09. The number of nitrogens with one attached hydrogen (secondary N) is 1. The summed E-state index contributed by atoms with van der Waals surface area (Å²) in [7, 11) is -0.909. The summed E-state index contributed by atoms with van der Waals surface area (Å²) < 4.78 is 11.2. The van der Waals surface area contributed by atoms with Crippen LogP contribution in [0.15, 0.2) is 24.5 Å². The van der Waals surface area contributed by atoms with Crippen molar-refractivity contribution in [1.82, 2.24) is 10.3 Å². The van der Waals surface area contributed by atoms with Gasteiger partial charge in [0.15, 0.2) is 0 Å². The van der Waals surface area contributed by atoms with E-state index in [0.717, 1.165) is 6.08 Å². The second-order valence-corrected chi connectivity index (χ2v) is 6.33.